The number of hydrogen-bond acceptors (Lipinski definition) is 1. The lowest BCUT2D eigenvalue weighted by Gasteiger charge is -2.16. The van der Waals surface area contributed by atoms with Crippen LogP contribution in [0.1, 0.15) is 37.7 Å². The van der Waals surface area contributed by atoms with Gasteiger partial charge in [0.05, 0.1) is 7.11 Å². The van der Waals surface area contributed by atoms with Crippen LogP contribution < -0.4 is 4.74 Å². The van der Waals surface area contributed by atoms with Gasteiger partial charge < -0.3 is 4.74 Å². The maximum atomic E-state index is 13.5. The Morgan fingerprint density at radius 1 is 1.39 bits per heavy atom. The number of benzene rings is 1. The van der Waals surface area contributed by atoms with Gasteiger partial charge in [-0.15, -0.1) is 11.6 Å². The summed E-state index contributed by atoms with van der Waals surface area (Å²) < 4.78 is 18.4. The third-order valence-electron chi connectivity index (χ3n) is 3.84. The Morgan fingerprint density at radius 2 is 2.11 bits per heavy atom. The number of methoxy groups -OCH3 is 1. The maximum absolute atomic E-state index is 13.5. The van der Waals surface area contributed by atoms with Crippen molar-refractivity contribution in [3.63, 3.8) is 0 Å². The fraction of sp³-hybridized carbons (Fsp3) is 0.600. The van der Waals surface area contributed by atoms with E-state index in [2.05, 4.69) is 0 Å². The smallest absolute Gasteiger partial charge is 0.165 e. The summed E-state index contributed by atoms with van der Waals surface area (Å²) in [6.45, 7) is 0. The second kappa shape index (κ2) is 6.42. The van der Waals surface area contributed by atoms with Crippen molar-refractivity contribution in [3.8, 4) is 5.75 Å². The highest BCUT2D eigenvalue weighted by atomic mass is 35.5. The molecule has 1 aliphatic rings. The van der Waals surface area contributed by atoms with Crippen LogP contribution in [-0.2, 0) is 6.42 Å². The van der Waals surface area contributed by atoms with Crippen LogP contribution in [0.25, 0.3) is 0 Å². The van der Waals surface area contributed by atoms with Gasteiger partial charge >= 0.3 is 0 Å². The molecule has 1 atom stereocenters. The van der Waals surface area contributed by atoms with E-state index in [1.54, 1.807) is 12.1 Å². The lowest BCUT2D eigenvalue weighted by Crippen LogP contribution is -2.12. The Morgan fingerprint density at radius 3 is 2.72 bits per heavy atom. The van der Waals surface area contributed by atoms with Crippen molar-refractivity contribution < 1.29 is 9.13 Å². The number of hydrogen-bond donors (Lipinski definition) is 0. The van der Waals surface area contributed by atoms with Crippen LogP contribution >= 0.6 is 11.6 Å². The van der Waals surface area contributed by atoms with E-state index >= 15 is 0 Å². The van der Waals surface area contributed by atoms with Crippen LogP contribution in [0.2, 0.25) is 0 Å². The van der Waals surface area contributed by atoms with E-state index in [0.29, 0.717) is 11.7 Å². The first kappa shape index (κ1) is 13.7. The Hall–Kier alpha value is -0.760. The lowest BCUT2D eigenvalue weighted by molar-refractivity contribution is 0.386. The first-order valence-corrected chi connectivity index (χ1v) is 7.11. The van der Waals surface area contributed by atoms with Crippen LogP contribution in [0, 0.1) is 11.7 Å². The molecule has 0 N–H and O–H groups in total. The zero-order valence-electron chi connectivity index (χ0n) is 10.8. The zero-order chi connectivity index (χ0) is 13.0. The van der Waals surface area contributed by atoms with Gasteiger partial charge in [-0.1, -0.05) is 18.9 Å². The quantitative estimate of drug-likeness (QED) is 0.713. The van der Waals surface area contributed by atoms with Gasteiger partial charge in [0, 0.05) is 5.38 Å². The van der Waals surface area contributed by atoms with Crippen LogP contribution in [-0.4, -0.2) is 12.5 Å². The van der Waals surface area contributed by atoms with Gasteiger partial charge in [-0.2, -0.15) is 0 Å². The predicted molar refractivity (Wildman–Crippen MR) is 72.9 cm³/mol. The molecule has 1 unspecified atom stereocenters. The highest BCUT2D eigenvalue weighted by Gasteiger charge is 2.22. The molecule has 2 rings (SSSR count). The first-order chi connectivity index (χ1) is 8.70. The summed E-state index contributed by atoms with van der Waals surface area (Å²) in [5.41, 5.74) is 0.997. The molecule has 1 nitrogen and oxygen atoms in total. The van der Waals surface area contributed by atoms with E-state index in [0.717, 1.165) is 18.4 Å². The topological polar surface area (TPSA) is 9.23 Å². The largest absolute Gasteiger partial charge is 0.494 e. The van der Waals surface area contributed by atoms with Crippen LogP contribution in [0.15, 0.2) is 18.2 Å². The molecule has 1 aliphatic carbocycles. The molecule has 1 aromatic carbocycles. The second-order valence-electron chi connectivity index (χ2n) is 5.07. The standard InChI is InChI=1S/C15H20ClFO/c1-18-15-9-7-11(10-14(15)17)6-8-13(16)12-4-2-3-5-12/h7,9-10,12-13H,2-6,8H2,1H3. The molecule has 18 heavy (non-hydrogen) atoms. The van der Waals surface area contributed by atoms with Gasteiger partial charge in [-0.05, 0) is 49.3 Å². The molecule has 0 spiro atoms. The molecule has 1 saturated carbocycles. The molecular formula is C15H20ClFO. The molecule has 0 radical (unpaired) electrons. The van der Waals surface area contributed by atoms with Crippen LogP contribution in [0.5, 0.6) is 5.75 Å². The Kier molecular flexibility index (Phi) is 4.87. The van der Waals surface area contributed by atoms with Crippen molar-refractivity contribution in [1.29, 1.82) is 0 Å². The van der Waals surface area contributed by atoms with Crippen LogP contribution in [0.4, 0.5) is 4.39 Å². The van der Waals surface area contributed by atoms with Crippen molar-refractivity contribution in [2.45, 2.75) is 43.9 Å². The molecule has 1 fully saturated rings. The lowest BCUT2D eigenvalue weighted by atomic mass is 9.97. The van der Waals surface area contributed by atoms with Crippen molar-refractivity contribution in [2.24, 2.45) is 5.92 Å². The maximum Gasteiger partial charge on any atom is 0.165 e. The van der Waals surface area contributed by atoms with Crippen LogP contribution in [0.3, 0.4) is 0 Å². The molecule has 1 aromatic rings. The molecular weight excluding hydrogens is 251 g/mol. The molecule has 100 valence electrons. The van der Waals surface area contributed by atoms with Crippen molar-refractivity contribution >= 4 is 11.6 Å². The minimum absolute atomic E-state index is 0.234. The molecule has 3 heteroatoms. The van der Waals surface area contributed by atoms with Gasteiger partial charge in [-0.3, -0.25) is 0 Å². The Bertz CT molecular complexity index is 388. The summed E-state index contributed by atoms with van der Waals surface area (Å²) in [5.74, 6) is 0.675. The molecule has 0 aromatic heterocycles. The number of aryl methyl sites for hydroxylation is 1. The molecule has 0 saturated heterocycles. The number of alkyl halides is 1. The minimum Gasteiger partial charge on any atom is -0.494 e. The van der Waals surface area contributed by atoms with E-state index in [1.807, 2.05) is 6.07 Å². The van der Waals surface area contributed by atoms with Crippen molar-refractivity contribution in [3.05, 3.63) is 29.6 Å². The average molecular weight is 271 g/mol. The Balaban J connectivity index is 1.87. The third-order valence-corrected chi connectivity index (χ3v) is 4.41. The summed E-state index contributed by atoms with van der Waals surface area (Å²) >= 11 is 6.42. The first-order valence-electron chi connectivity index (χ1n) is 6.67. The summed E-state index contributed by atoms with van der Waals surface area (Å²) in [4.78, 5) is 0. The van der Waals surface area contributed by atoms with E-state index in [9.17, 15) is 4.39 Å². The van der Waals surface area contributed by atoms with Gasteiger partial charge in [0.25, 0.3) is 0 Å². The summed E-state index contributed by atoms with van der Waals surface area (Å²) in [7, 11) is 1.48. The van der Waals surface area contributed by atoms with E-state index in [-0.39, 0.29) is 11.2 Å². The molecule has 0 aliphatic heterocycles. The molecule has 0 bridgehead atoms. The monoisotopic (exact) mass is 270 g/mol. The number of ether oxygens (including phenoxy) is 1. The fourth-order valence-electron chi connectivity index (χ4n) is 2.72. The SMILES string of the molecule is COc1ccc(CCC(Cl)C2CCCC2)cc1F. The normalized spacial score (nSPS) is 17.9. The van der Waals surface area contributed by atoms with Gasteiger partial charge in [0.1, 0.15) is 0 Å². The molecule has 0 heterocycles. The Labute approximate surface area is 113 Å². The molecule has 0 amide bonds. The van der Waals surface area contributed by atoms with Gasteiger partial charge in [0.2, 0.25) is 0 Å². The zero-order valence-corrected chi connectivity index (χ0v) is 11.5. The highest BCUT2D eigenvalue weighted by molar-refractivity contribution is 6.20. The summed E-state index contributed by atoms with van der Waals surface area (Å²) in [6, 6.07) is 5.15. The van der Waals surface area contributed by atoms with E-state index in [1.165, 1.54) is 32.8 Å². The number of halogens is 2. The highest BCUT2D eigenvalue weighted by Crippen LogP contribution is 2.32. The number of rotatable bonds is 5. The summed E-state index contributed by atoms with van der Waals surface area (Å²) in [6.07, 6.45) is 6.90. The summed E-state index contributed by atoms with van der Waals surface area (Å²) in [5, 5.41) is 0.234. The van der Waals surface area contributed by atoms with Gasteiger partial charge in [0.15, 0.2) is 11.6 Å². The average Bonchev–Trinajstić information content (AvgIpc) is 2.90. The third kappa shape index (κ3) is 3.38. The predicted octanol–water partition coefficient (Wildman–Crippen LogP) is 4.56. The minimum atomic E-state index is -0.290. The second-order valence-corrected chi connectivity index (χ2v) is 5.63. The van der Waals surface area contributed by atoms with E-state index in [4.69, 9.17) is 16.3 Å². The van der Waals surface area contributed by atoms with Crippen molar-refractivity contribution in [2.75, 3.05) is 7.11 Å². The van der Waals surface area contributed by atoms with Crippen molar-refractivity contribution in [1.82, 2.24) is 0 Å². The van der Waals surface area contributed by atoms with E-state index < -0.39 is 0 Å². The van der Waals surface area contributed by atoms with Gasteiger partial charge in [-0.25, -0.2) is 4.39 Å². The fourth-order valence-corrected chi connectivity index (χ4v) is 3.09.